The summed E-state index contributed by atoms with van der Waals surface area (Å²) in [6.45, 7) is 8.01. The molecule has 2 aromatic carbocycles. The van der Waals surface area contributed by atoms with Crippen LogP contribution in [0.15, 0.2) is 48.5 Å². The Bertz CT molecular complexity index is 1150. The molecule has 0 aliphatic rings. The standard InChI is InChI=1S/C24H26F2N4O3/c1-5-33-21(31)13-15-9-11-16(12-10-15)30-20(14-19(29-30)24(2,3)4)28-23(32)27-18-8-6-7-17(25)22(18)26/h6-12,14H,5,13H2,1-4H3,(H2,27,28,32). The summed E-state index contributed by atoms with van der Waals surface area (Å²) in [6, 6.07) is 11.6. The lowest BCUT2D eigenvalue weighted by atomic mass is 9.92. The molecule has 0 unspecified atom stereocenters. The highest BCUT2D eigenvalue weighted by molar-refractivity contribution is 5.99. The maximum atomic E-state index is 13.9. The highest BCUT2D eigenvalue weighted by Crippen LogP contribution is 2.27. The molecule has 0 saturated carbocycles. The normalized spacial score (nSPS) is 11.2. The zero-order chi connectivity index (χ0) is 24.2. The van der Waals surface area contributed by atoms with Crippen LogP contribution in [0.4, 0.5) is 25.1 Å². The van der Waals surface area contributed by atoms with Gasteiger partial charge in [0, 0.05) is 11.5 Å². The number of nitrogens with one attached hydrogen (secondary N) is 2. The molecule has 0 aliphatic heterocycles. The molecule has 33 heavy (non-hydrogen) atoms. The van der Waals surface area contributed by atoms with E-state index in [0.717, 1.165) is 11.6 Å². The number of ether oxygens (including phenoxy) is 1. The summed E-state index contributed by atoms with van der Waals surface area (Å²) in [4.78, 5) is 24.2. The maximum Gasteiger partial charge on any atom is 0.324 e. The Balaban J connectivity index is 1.86. The van der Waals surface area contributed by atoms with Crippen LogP contribution in [0.25, 0.3) is 5.69 Å². The average molecular weight is 456 g/mol. The largest absolute Gasteiger partial charge is 0.466 e. The molecular weight excluding hydrogens is 430 g/mol. The predicted molar refractivity (Wildman–Crippen MR) is 122 cm³/mol. The lowest BCUT2D eigenvalue weighted by Gasteiger charge is -2.14. The molecule has 2 amide bonds. The van der Waals surface area contributed by atoms with E-state index in [2.05, 4.69) is 15.7 Å². The lowest BCUT2D eigenvalue weighted by molar-refractivity contribution is -0.142. The third-order valence-corrected chi connectivity index (χ3v) is 4.75. The van der Waals surface area contributed by atoms with Gasteiger partial charge in [-0.1, -0.05) is 39.0 Å². The van der Waals surface area contributed by atoms with E-state index in [1.54, 1.807) is 37.3 Å². The van der Waals surface area contributed by atoms with Crippen LogP contribution >= 0.6 is 0 Å². The highest BCUT2D eigenvalue weighted by atomic mass is 19.2. The van der Waals surface area contributed by atoms with Gasteiger partial charge in [-0.15, -0.1) is 0 Å². The van der Waals surface area contributed by atoms with Gasteiger partial charge in [0.25, 0.3) is 0 Å². The van der Waals surface area contributed by atoms with Crippen LogP contribution in [0.5, 0.6) is 0 Å². The Labute approximate surface area is 190 Å². The molecule has 7 nitrogen and oxygen atoms in total. The second-order valence-electron chi connectivity index (χ2n) is 8.41. The molecule has 0 aliphatic carbocycles. The monoisotopic (exact) mass is 456 g/mol. The molecular formula is C24H26F2N4O3. The van der Waals surface area contributed by atoms with Crippen LogP contribution in [-0.2, 0) is 21.4 Å². The first-order chi connectivity index (χ1) is 15.6. The van der Waals surface area contributed by atoms with E-state index in [9.17, 15) is 18.4 Å². The number of hydrogen-bond acceptors (Lipinski definition) is 4. The summed E-state index contributed by atoms with van der Waals surface area (Å²) in [5.41, 5.74) is 1.54. The number of aromatic nitrogens is 2. The third-order valence-electron chi connectivity index (χ3n) is 4.75. The number of nitrogens with zero attached hydrogens (tertiary/aromatic N) is 2. The van der Waals surface area contributed by atoms with Crippen molar-refractivity contribution >= 4 is 23.5 Å². The lowest BCUT2D eigenvalue weighted by Crippen LogP contribution is -2.22. The van der Waals surface area contributed by atoms with Gasteiger partial charge in [-0.25, -0.2) is 18.3 Å². The average Bonchev–Trinajstić information content (AvgIpc) is 3.16. The Morgan fingerprint density at radius 3 is 2.39 bits per heavy atom. The van der Waals surface area contributed by atoms with Crippen molar-refractivity contribution in [3.8, 4) is 5.69 Å². The van der Waals surface area contributed by atoms with Gasteiger partial charge in [0.1, 0.15) is 5.82 Å². The quantitative estimate of drug-likeness (QED) is 0.500. The molecule has 0 bridgehead atoms. The summed E-state index contributed by atoms with van der Waals surface area (Å²) >= 11 is 0. The minimum atomic E-state index is -1.14. The molecule has 174 valence electrons. The Kier molecular flexibility index (Phi) is 7.10. The van der Waals surface area contributed by atoms with Crippen molar-refractivity contribution in [3.05, 3.63) is 71.4 Å². The van der Waals surface area contributed by atoms with Gasteiger partial charge in [-0.2, -0.15) is 5.10 Å². The second kappa shape index (κ2) is 9.81. The molecule has 2 N–H and O–H groups in total. The molecule has 0 radical (unpaired) electrons. The first-order valence-corrected chi connectivity index (χ1v) is 10.5. The van der Waals surface area contributed by atoms with Crippen LogP contribution in [0.1, 0.15) is 39.0 Å². The second-order valence-corrected chi connectivity index (χ2v) is 8.41. The van der Waals surface area contributed by atoms with E-state index in [1.165, 1.54) is 16.8 Å². The van der Waals surface area contributed by atoms with Gasteiger partial charge in [-0.05, 0) is 36.8 Å². The number of amides is 2. The van der Waals surface area contributed by atoms with Crippen molar-refractivity contribution in [2.24, 2.45) is 0 Å². The molecule has 1 heterocycles. The van der Waals surface area contributed by atoms with Gasteiger partial charge in [0.15, 0.2) is 11.6 Å². The number of anilines is 2. The summed E-state index contributed by atoms with van der Waals surface area (Å²) in [5.74, 6) is -2.18. The van der Waals surface area contributed by atoms with Gasteiger partial charge >= 0.3 is 12.0 Å². The number of carbonyl (C=O) groups excluding carboxylic acids is 2. The zero-order valence-corrected chi connectivity index (χ0v) is 18.9. The van der Waals surface area contributed by atoms with Crippen molar-refractivity contribution in [2.75, 3.05) is 17.2 Å². The molecule has 9 heteroatoms. The molecule has 0 spiro atoms. The van der Waals surface area contributed by atoms with E-state index >= 15 is 0 Å². The molecule has 0 saturated heterocycles. The number of halogens is 2. The SMILES string of the molecule is CCOC(=O)Cc1ccc(-n2nc(C(C)(C)C)cc2NC(=O)Nc2cccc(F)c2F)cc1. The number of rotatable bonds is 6. The van der Waals surface area contributed by atoms with Crippen molar-refractivity contribution in [2.45, 2.75) is 39.5 Å². The van der Waals surface area contributed by atoms with E-state index in [1.807, 2.05) is 20.8 Å². The van der Waals surface area contributed by atoms with Crippen LogP contribution in [0, 0.1) is 11.6 Å². The van der Waals surface area contributed by atoms with Gasteiger partial charge < -0.3 is 10.1 Å². The van der Waals surface area contributed by atoms with E-state index in [4.69, 9.17) is 4.74 Å². The third kappa shape index (κ3) is 5.94. The minimum absolute atomic E-state index is 0.146. The van der Waals surface area contributed by atoms with Crippen molar-refractivity contribution < 1.29 is 23.1 Å². The smallest absolute Gasteiger partial charge is 0.324 e. The maximum absolute atomic E-state index is 13.9. The van der Waals surface area contributed by atoms with Gasteiger partial charge in [0.05, 0.1) is 30.1 Å². The predicted octanol–water partition coefficient (Wildman–Crippen LogP) is 5.20. The molecule has 1 aromatic heterocycles. The van der Waals surface area contributed by atoms with Gasteiger partial charge in [0.2, 0.25) is 0 Å². The van der Waals surface area contributed by atoms with E-state index in [-0.39, 0.29) is 23.5 Å². The topological polar surface area (TPSA) is 85.2 Å². The van der Waals surface area contributed by atoms with Gasteiger partial charge in [-0.3, -0.25) is 10.1 Å². The Hall–Kier alpha value is -3.75. The van der Waals surface area contributed by atoms with Crippen molar-refractivity contribution in [1.82, 2.24) is 9.78 Å². The highest BCUT2D eigenvalue weighted by Gasteiger charge is 2.22. The number of urea groups is 1. The molecule has 0 atom stereocenters. The first kappa shape index (κ1) is 23.9. The molecule has 0 fully saturated rings. The Morgan fingerprint density at radius 2 is 1.76 bits per heavy atom. The summed E-state index contributed by atoms with van der Waals surface area (Å²) in [7, 11) is 0. The number of benzene rings is 2. The summed E-state index contributed by atoms with van der Waals surface area (Å²) in [5, 5.41) is 9.57. The van der Waals surface area contributed by atoms with Crippen LogP contribution in [-0.4, -0.2) is 28.4 Å². The van der Waals surface area contributed by atoms with Crippen molar-refractivity contribution in [1.29, 1.82) is 0 Å². The number of esters is 1. The summed E-state index contributed by atoms with van der Waals surface area (Å²) in [6.07, 6.45) is 0.146. The summed E-state index contributed by atoms with van der Waals surface area (Å²) < 4.78 is 33.9. The fourth-order valence-corrected chi connectivity index (χ4v) is 3.04. The minimum Gasteiger partial charge on any atom is -0.466 e. The molecule has 3 aromatic rings. The molecule has 3 rings (SSSR count). The van der Waals surface area contributed by atoms with Crippen LogP contribution in [0.2, 0.25) is 0 Å². The number of hydrogen-bond donors (Lipinski definition) is 2. The van der Waals surface area contributed by atoms with E-state index < -0.39 is 17.7 Å². The fourth-order valence-electron chi connectivity index (χ4n) is 3.04. The van der Waals surface area contributed by atoms with Crippen molar-refractivity contribution in [3.63, 3.8) is 0 Å². The Morgan fingerprint density at radius 1 is 1.06 bits per heavy atom. The van der Waals surface area contributed by atoms with Crippen LogP contribution < -0.4 is 10.6 Å². The first-order valence-electron chi connectivity index (χ1n) is 10.5. The number of carbonyl (C=O) groups is 2. The van der Waals surface area contributed by atoms with E-state index in [0.29, 0.717) is 23.8 Å². The van der Waals surface area contributed by atoms with Crippen LogP contribution in [0.3, 0.4) is 0 Å². The zero-order valence-electron chi connectivity index (χ0n) is 18.9. The fraction of sp³-hybridized carbons (Fsp3) is 0.292.